The summed E-state index contributed by atoms with van der Waals surface area (Å²) in [6, 6.07) is 10.2. The molecule has 2 aromatic carbocycles. The molecule has 4 nitrogen and oxygen atoms in total. The highest BCUT2D eigenvalue weighted by atomic mass is 19.4. The van der Waals surface area contributed by atoms with Gasteiger partial charge in [-0.05, 0) is 60.7 Å². The van der Waals surface area contributed by atoms with Gasteiger partial charge in [0.05, 0.1) is 14.2 Å². The molecule has 0 aliphatic carbocycles. The highest BCUT2D eigenvalue weighted by Gasteiger charge is 2.32. The fourth-order valence-corrected chi connectivity index (χ4v) is 3.46. The molecule has 0 saturated heterocycles. The van der Waals surface area contributed by atoms with Gasteiger partial charge in [0.2, 0.25) is 0 Å². The molecule has 0 bridgehead atoms. The molecule has 0 saturated carbocycles. The predicted molar refractivity (Wildman–Crippen MR) is 95.4 cm³/mol. The minimum absolute atomic E-state index is 0.0208. The number of halogens is 3. The quantitative estimate of drug-likeness (QED) is 0.804. The number of ether oxygens (including phenoxy) is 3. The molecular weight excluding hydrogens is 359 g/mol. The molecule has 27 heavy (non-hydrogen) atoms. The maximum Gasteiger partial charge on any atom is 0.573 e. The second-order valence-corrected chi connectivity index (χ2v) is 6.36. The van der Waals surface area contributed by atoms with Gasteiger partial charge in [-0.3, -0.25) is 0 Å². The van der Waals surface area contributed by atoms with Crippen LogP contribution in [0.25, 0.3) is 0 Å². The van der Waals surface area contributed by atoms with Crippen LogP contribution in [0.5, 0.6) is 17.2 Å². The Kier molecular flexibility index (Phi) is 5.79. The molecule has 7 heteroatoms. The molecule has 3 rings (SSSR count). The lowest BCUT2D eigenvalue weighted by Crippen LogP contribution is -2.30. The van der Waals surface area contributed by atoms with Crippen molar-refractivity contribution in [1.29, 1.82) is 0 Å². The molecule has 1 atom stereocenters. The Morgan fingerprint density at radius 1 is 1.04 bits per heavy atom. The summed E-state index contributed by atoms with van der Waals surface area (Å²) in [6.45, 7) is 0.799. The number of benzene rings is 2. The fourth-order valence-electron chi connectivity index (χ4n) is 3.46. The van der Waals surface area contributed by atoms with Gasteiger partial charge < -0.3 is 19.5 Å². The number of alkyl halides is 3. The Morgan fingerprint density at radius 2 is 1.74 bits per heavy atom. The lowest BCUT2D eigenvalue weighted by molar-refractivity contribution is -0.274. The lowest BCUT2D eigenvalue weighted by Gasteiger charge is -2.28. The van der Waals surface area contributed by atoms with Crippen LogP contribution in [0.3, 0.4) is 0 Å². The standard InChI is InChI=1S/C20H22F3NO3/c1-25-18-11-14-9-10-24-16(15(14)12-19(18)26-2)8-7-13-5-3-4-6-17(13)27-20(21,22)23/h3-6,11-12,16,24H,7-10H2,1-2H3/t16-/m0/s1. The van der Waals surface area contributed by atoms with Crippen LogP contribution in [0.2, 0.25) is 0 Å². The summed E-state index contributed by atoms with van der Waals surface area (Å²) in [5.41, 5.74) is 2.79. The zero-order valence-corrected chi connectivity index (χ0v) is 15.2. The Bertz CT molecular complexity index is 793. The summed E-state index contributed by atoms with van der Waals surface area (Å²) in [7, 11) is 3.18. The van der Waals surface area contributed by atoms with Gasteiger partial charge in [0.1, 0.15) is 5.75 Å². The number of fused-ring (bicyclic) bond motifs is 1. The average molecular weight is 381 g/mol. The first-order chi connectivity index (χ1) is 12.9. The van der Waals surface area contributed by atoms with Crippen molar-refractivity contribution in [3.8, 4) is 17.2 Å². The van der Waals surface area contributed by atoms with E-state index in [2.05, 4.69) is 10.1 Å². The zero-order valence-electron chi connectivity index (χ0n) is 15.2. The van der Waals surface area contributed by atoms with Crippen molar-refractivity contribution in [3.63, 3.8) is 0 Å². The molecule has 0 fully saturated rings. The van der Waals surface area contributed by atoms with Gasteiger partial charge in [0.25, 0.3) is 0 Å². The molecule has 0 radical (unpaired) electrons. The SMILES string of the molecule is COc1cc2c(cc1OC)[C@H](CCc1ccccc1OC(F)(F)F)NCC2. The van der Waals surface area contributed by atoms with Crippen LogP contribution in [0, 0.1) is 0 Å². The van der Waals surface area contributed by atoms with Crippen molar-refractivity contribution in [3.05, 3.63) is 53.1 Å². The van der Waals surface area contributed by atoms with Gasteiger partial charge in [-0.25, -0.2) is 0 Å². The summed E-state index contributed by atoms with van der Waals surface area (Å²) in [4.78, 5) is 0. The predicted octanol–water partition coefficient (Wildman–Crippen LogP) is 4.42. The zero-order chi connectivity index (χ0) is 19.4. The number of nitrogens with one attached hydrogen (secondary N) is 1. The number of hydrogen-bond acceptors (Lipinski definition) is 4. The molecule has 0 amide bonds. The van der Waals surface area contributed by atoms with Gasteiger partial charge in [-0.15, -0.1) is 13.2 Å². The number of hydrogen-bond donors (Lipinski definition) is 1. The first-order valence-electron chi connectivity index (χ1n) is 8.73. The molecule has 1 heterocycles. The third-order valence-electron chi connectivity index (χ3n) is 4.71. The first-order valence-corrected chi connectivity index (χ1v) is 8.73. The van der Waals surface area contributed by atoms with Crippen molar-refractivity contribution < 1.29 is 27.4 Å². The molecule has 146 valence electrons. The number of aryl methyl sites for hydroxylation is 1. The van der Waals surface area contributed by atoms with Crippen LogP contribution in [-0.2, 0) is 12.8 Å². The Hall–Kier alpha value is -2.41. The van der Waals surface area contributed by atoms with Crippen molar-refractivity contribution in [1.82, 2.24) is 5.32 Å². The molecule has 2 aromatic rings. The molecular formula is C20H22F3NO3. The van der Waals surface area contributed by atoms with E-state index in [-0.39, 0.29) is 11.8 Å². The van der Waals surface area contributed by atoms with Crippen LogP contribution in [-0.4, -0.2) is 27.1 Å². The largest absolute Gasteiger partial charge is 0.573 e. The molecule has 0 aromatic heterocycles. The smallest absolute Gasteiger partial charge is 0.493 e. The minimum Gasteiger partial charge on any atom is -0.493 e. The maximum atomic E-state index is 12.6. The second-order valence-electron chi connectivity index (χ2n) is 6.36. The van der Waals surface area contributed by atoms with E-state index in [9.17, 15) is 13.2 Å². The number of para-hydroxylation sites is 1. The lowest BCUT2D eigenvalue weighted by atomic mass is 9.90. The van der Waals surface area contributed by atoms with E-state index in [0.717, 1.165) is 24.1 Å². The Labute approximate surface area is 156 Å². The van der Waals surface area contributed by atoms with Gasteiger partial charge in [0.15, 0.2) is 11.5 Å². The highest BCUT2D eigenvalue weighted by Crippen LogP contribution is 2.37. The Balaban J connectivity index is 1.79. The average Bonchev–Trinajstić information content (AvgIpc) is 2.64. The minimum atomic E-state index is -4.70. The van der Waals surface area contributed by atoms with E-state index in [0.29, 0.717) is 29.9 Å². The maximum absolute atomic E-state index is 12.6. The summed E-state index contributed by atoms with van der Waals surface area (Å²) in [5, 5.41) is 3.44. The third-order valence-corrected chi connectivity index (χ3v) is 4.71. The van der Waals surface area contributed by atoms with Crippen molar-refractivity contribution >= 4 is 0 Å². The molecule has 0 spiro atoms. The summed E-state index contributed by atoms with van der Waals surface area (Å²) < 4.78 is 52.7. The molecule has 1 N–H and O–H groups in total. The van der Waals surface area contributed by atoms with E-state index in [4.69, 9.17) is 9.47 Å². The van der Waals surface area contributed by atoms with Gasteiger partial charge in [-0.1, -0.05) is 18.2 Å². The summed E-state index contributed by atoms with van der Waals surface area (Å²) >= 11 is 0. The van der Waals surface area contributed by atoms with Crippen LogP contribution in [0.1, 0.15) is 29.2 Å². The topological polar surface area (TPSA) is 39.7 Å². The van der Waals surface area contributed by atoms with E-state index >= 15 is 0 Å². The molecule has 1 aliphatic rings. The summed E-state index contributed by atoms with van der Waals surface area (Å²) in [6.07, 6.45) is -2.74. The normalized spacial score (nSPS) is 16.6. The third kappa shape index (κ3) is 4.66. The monoisotopic (exact) mass is 381 g/mol. The van der Waals surface area contributed by atoms with Gasteiger partial charge in [0, 0.05) is 6.04 Å². The van der Waals surface area contributed by atoms with Crippen molar-refractivity contribution in [2.75, 3.05) is 20.8 Å². The number of rotatable bonds is 6. The van der Waals surface area contributed by atoms with E-state index in [1.54, 1.807) is 26.4 Å². The van der Waals surface area contributed by atoms with E-state index in [1.807, 2.05) is 12.1 Å². The van der Waals surface area contributed by atoms with Gasteiger partial charge >= 0.3 is 6.36 Å². The van der Waals surface area contributed by atoms with E-state index < -0.39 is 6.36 Å². The van der Waals surface area contributed by atoms with Crippen LogP contribution >= 0.6 is 0 Å². The number of methoxy groups -OCH3 is 2. The van der Waals surface area contributed by atoms with Gasteiger partial charge in [-0.2, -0.15) is 0 Å². The molecule has 1 aliphatic heterocycles. The van der Waals surface area contributed by atoms with Crippen molar-refractivity contribution in [2.45, 2.75) is 31.7 Å². The van der Waals surface area contributed by atoms with Crippen LogP contribution in [0.15, 0.2) is 36.4 Å². The molecule has 0 unspecified atom stereocenters. The van der Waals surface area contributed by atoms with E-state index in [1.165, 1.54) is 12.1 Å². The highest BCUT2D eigenvalue weighted by molar-refractivity contribution is 5.49. The second kappa shape index (κ2) is 8.08. The Morgan fingerprint density at radius 3 is 2.44 bits per heavy atom. The van der Waals surface area contributed by atoms with Crippen LogP contribution in [0.4, 0.5) is 13.2 Å². The van der Waals surface area contributed by atoms with Crippen LogP contribution < -0.4 is 19.5 Å². The fraction of sp³-hybridized carbons (Fsp3) is 0.400. The van der Waals surface area contributed by atoms with Crippen molar-refractivity contribution in [2.24, 2.45) is 0 Å². The first kappa shape index (κ1) is 19.4. The summed E-state index contributed by atoms with van der Waals surface area (Å²) in [5.74, 6) is 1.18.